The van der Waals surface area contributed by atoms with E-state index in [1.165, 1.54) is 19.2 Å². The van der Waals surface area contributed by atoms with E-state index in [1.807, 2.05) is 11.6 Å². The van der Waals surface area contributed by atoms with E-state index in [0.29, 0.717) is 5.56 Å². The van der Waals surface area contributed by atoms with Crippen molar-refractivity contribution in [3.8, 4) is 16.9 Å². The van der Waals surface area contributed by atoms with Crippen LogP contribution in [-0.2, 0) is 35.3 Å². The van der Waals surface area contributed by atoms with Gasteiger partial charge in [-0.2, -0.15) is 18.3 Å². The SMILES string of the molecule is Cc1ccc(-c2cc(C(F)(F)F)nn2-c2ccc(S(=O)(=O)NC(=O)CCN(C)[N+]([O-])=NOCOC(=O)OC(C)C)cc2)cc1. The summed E-state index contributed by atoms with van der Waals surface area (Å²) in [5.74, 6) is -0.960. The lowest BCUT2D eigenvalue weighted by Crippen LogP contribution is -2.35. The molecule has 18 heteroatoms. The third kappa shape index (κ3) is 9.32. The first-order valence-electron chi connectivity index (χ1n) is 12.8. The van der Waals surface area contributed by atoms with E-state index < -0.39 is 53.3 Å². The van der Waals surface area contributed by atoms with Crippen molar-refractivity contribution in [3.63, 3.8) is 0 Å². The fraction of sp³-hybridized carbons (Fsp3) is 0.346. The second-order valence-corrected chi connectivity index (χ2v) is 11.2. The molecule has 14 nitrogen and oxygen atoms in total. The summed E-state index contributed by atoms with van der Waals surface area (Å²) in [6, 6.07) is 12.4. The van der Waals surface area contributed by atoms with Crippen LogP contribution in [0.2, 0.25) is 0 Å². The number of rotatable bonds is 12. The van der Waals surface area contributed by atoms with Crippen molar-refractivity contribution >= 4 is 22.1 Å². The Morgan fingerprint density at radius 1 is 1.14 bits per heavy atom. The Labute approximate surface area is 250 Å². The van der Waals surface area contributed by atoms with Crippen molar-refractivity contribution in [1.29, 1.82) is 0 Å². The van der Waals surface area contributed by atoms with Gasteiger partial charge in [-0.25, -0.2) is 22.6 Å². The number of carbonyl (C=O) groups excluding carboxylic acids is 2. The number of aromatic nitrogens is 2. The van der Waals surface area contributed by atoms with Gasteiger partial charge in [0.1, 0.15) is 0 Å². The second-order valence-electron chi connectivity index (χ2n) is 9.49. The molecule has 0 saturated heterocycles. The molecule has 0 aliphatic carbocycles. The van der Waals surface area contributed by atoms with Gasteiger partial charge in [0, 0.05) is 5.56 Å². The minimum absolute atomic E-state index is 0.0536. The molecule has 44 heavy (non-hydrogen) atoms. The van der Waals surface area contributed by atoms with E-state index >= 15 is 0 Å². The zero-order valence-electron chi connectivity index (χ0n) is 23.9. The molecule has 0 spiro atoms. The average Bonchev–Trinajstić information content (AvgIpc) is 3.40. The van der Waals surface area contributed by atoms with Gasteiger partial charge in [0.05, 0.1) is 47.4 Å². The molecule has 3 rings (SSSR count). The first-order chi connectivity index (χ1) is 20.6. The van der Waals surface area contributed by atoms with Crippen molar-refractivity contribution in [2.24, 2.45) is 5.28 Å². The van der Waals surface area contributed by atoms with Gasteiger partial charge in [-0.05, 0) is 51.1 Å². The molecule has 1 aromatic heterocycles. The number of hydrazine groups is 1. The van der Waals surface area contributed by atoms with Gasteiger partial charge in [-0.3, -0.25) is 4.79 Å². The third-order valence-electron chi connectivity index (χ3n) is 5.63. The lowest BCUT2D eigenvalue weighted by molar-refractivity contribution is -0.706. The molecule has 238 valence electrons. The normalized spacial score (nSPS) is 12.1. The number of nitrogens with one attached hydrogen (secondary N) is 1. The number of aryl methyl sites for hydroxylation is 1. The molecular weight excluding hydrogens is 613 g/mol. The van der Waals surface area contributed by atoms with Gasteiger partial charge in [-0.15, -0.1) is 5.01 Å². The summed E-state index contributed by atoms with van der Waals surface area (Å²) < 4.78 is 78.0. The summed E-state index contributed by atoms with van der Waals surface area (Å²) in [7, 11) is -3.14. The number of hydrogen-bond acceptors (Lipinski definition) is 10. The molecular formula is C26H29F3N6O8S. The molecule has 1 N–H and O–H groups in total. The number of hydrogen-bond donors (Lipinski definition) is 1. The van der Waals surface area contributed by atoms with Crippen molar-refractivity contribution in [1.82, 2.24) is 19.5 Å². The predicted molar refractivity (Wildman–Crippen MR) is 146 cm³/mol. The minimum Gasteiger partial charge on any atom is -0.569 e. The molecule has 0 unspecified atom stereocenters. The van der Waals surface area contributed by atoms with Crippen LogP contribution in [0.5, 0.6) is 0 Å². The topological polar surface area (TPSA) is 167 Å². The summed E-state index contributed by atoms with van der Waals surface area (Å²) in [4.78, 5) is 27.6. The van der Waals surface area contributed by atoms with Crippen molar-refractivity contribution in [3.05, 3.63) is 71.1 Å². The molecule has 0 fully saturated rings. The number of halogens is 3. The minimum atomic E-state index is -4.71. The second kappa shape index (κ2) is 14.1. The van der Waals surface area contributed by atoms with Crippen LogP contribution in [0.1, 0.15) is 31.5 Å². The van der Waals surface area contributed by atoms with Gasteiger partial charge < -0.3 is 19.5 Å². The Hall–Kier alpha value is -4.87. The van der Waals surface area contributed by atoms with E-state index in [1.54, 1.807) is 38.1 Å². The number of benzene rings is 2. The Bertz CT molecular complexity index is 1590. The van der Waals surface area contributed by atoms with Crippen LogP contribution in [0.3, 0.4) is 0 Å². The molecule has 0 aliphatic rings. The van der Waals surface area contributed by atoms with Crippen LogP contribution in [0.4, 0.5) is 18.0 Å². The van der Waals surface area contributed by atoms with Gasteiger partial charge in [0.2, 0.25) is 11.2 Å². The Morgan fingerprint density at radius 2 is 1.77 bits per heavy atom. The molecule has 3 aromatic rings. The van der Waals surface area contributed by atoms with Gasteiger partial charge in [-0.1, -0.05) is 29.8 Å². The maximum Gasteiger partial charge on any atom is 0.511 e. The van der Waals surface area contributed by atoms with Gasteiger partial charge in [0.15, 0.2) is 5.69 Å². The van der Waals surface area contributed by atoms with Crippen LogP contribution in [0.15, 0.2) is 64.8 Å². The zero-order chi connectivity index (χ0) is 32.7. The molecule has 0 atom stereocenters. The Kier molecular flexibility index (Phi) is 10.8. The van der Waals surface area contributed by atoms with Crippen LogP contribution in [0, 0.1) is 12.1 Å². The highest BCUT2D eigenvalue weighted by atomic mass is 32.2. The summed E-state index contributed by atoms with van der Waals surface area (Å²) in [6.07, 6.45) is -6.62. The summed E-state index contributed by atoms with van der Waals surface area (Å²) in [5.41, 5.74) is 0.518. The molecule has 0 bridgehead atoms. The Balaban J connectivity index is 1.63. The molecule has 2 aromatic carbocycles. The van der Waals surface area contributed by atoms with E-state index in [0.717, 1.165) is 33.5 Å². The highest BCUT2D eigenvalue weighted by molar-refractivity contribution is 7.90. The number of alkyl halides is 3. The molecule has 0 radical (unpaired) electrons. The van der Waals surface area contributed by atoms with Crippen LogP contribution in [0.25, 0.3) is 16.9 Å². The Morgan fingerprint density at radius 3 is 2.36 bits per heavy atom. The summed E-state index contributed by atoms with van der Waals surface area (Å²) in [6.45, 7) is 4.03. The molecule has 1 amide bonds. The number of amides is 1. The first kappa shape index (κ1) is 33.6. The maximum atomic E-state index is 13.5. The van der Waals surface area contributed by atoms with E-state index in [9.17, 15) is 36.4 Å². The number of nitrogens with zero attached hydrogens (tertiary/aromatic N) is 5. The van der Waals surface area contributed by atoms with Crippen LogP contribution < -0.4 is 4.72 Å². The number of ether oxygens (including phenoxy) is 2. The molecule has 0 saturated carbocycles. The third-order valence-corrected chi connectivity index (χ3v) is 7.02. The van der Waals surface area contributed by atoms with Gasteiger partial charge >= 0.3 is 12.3 Å². The fourth-order valence-corrected chi connectivity index (χ4v) is 4.47. The first-order valence-corrected chi connectivity index (χ1v) is 14.3. The monoisotopic (exact) mass is 642 g/mol. The standard InChI is InChI=1S/C26H29F3N6O8S/c1-17(2)43-25(37)41-16-42-32-35(38)33(4)14-13-24(36)31-44(39,40)21-11-9-20(10-12-21)34-22(15-23(30-34)26(27,28)29)19-7-5-18(3)6-8-19/h5-12,15,17H,13-14,16H2,1-4H3,(H,31,36). The largest absolute Gasteiger partial charge is 0.569 e. The van der Waals surface area contributed by atoms with Crippen molar-refractivity contribution < 1.29 is 50.5 Å². The van der Waals surface area contributed by atoms with Crippen molar-refractivity contribution in [2.75, 3.05) is 20.4 Å². The summed E-state index contributed by atoms with van der Waals surface area (Å²) in [5, 5.41) is 19.5. The van der Waals surface area contributed by atoms with E-state index in [-0.39, 0.29) is 27.8 Å². The van der Waals surface area contributed by atoms with Crippen molar-refractivity contribution in [2.45, 2.75) is 44.4 Å². The lowest BCUT2D eigenvalue weighted by atomic mass is 10.1. The van der Waals surface area contributed by atoms with Crippen LogP contribution >= 0.6 is 0 Å². The molecule has 1 heterocycles. The smallest absolute Gasteiger partial charge is 0.511 e. The molecule has 0 aliphatic heterocycles. The predicted octanol–water partition coefficient (Wildman–Crippen LogP) is 4.32. The maximum absolute atomic E-state index is 13.5. The zero-order valence-corrected chi connectivity index (χ0v) is 24.8. The van der Waals surface area contributed by atoms with Gasteiger partial charge in [0.25, 0.3) is 16.8 Å². The number of carbonyl (C=O) groups is 2. The van der Waals surface area contributed by atoms with E-state index in [4.69, 9.17) is 0 Å². The van der Waals surface area contributed by atoms with E-state index in [2.05, 4.69) is 24.7 Å². The average molecular weight is 643 g/mol. The quantitative estimate of drug-likeness (QED) is 0.0750. The summed E-state index contributed by atoms with van der Waals surface area (Å²) >= 11 is 0. The number of sulfonamides is 1. The van der Waals surface area contributed by atoms with Crippen LogP contribution in [-0.4, -0.2) is 66.7 Å². The lowest BCUT2D eigenvalue weighted by Gasteiger charge is -2.13. The highest BCUT2D eigenvalue weighted by Gasteiger charge is 2.35. The fourth-order valence-electron chi connectivity index (χ4n) is 3.46. The highest BCUT2D eigenvalue weighted by Crippen LogP contribution is 2.33.